The van der Waals surface area contributed by atoms with Crippen LogP contribution < -0.4 is 10.1 Å². The molecule has 1 atom stereocenters. The minimum Gasteiger partial charge on any atom is -0.494 e. The van der Waals surface area contributed by atoms with Crippen LogP contribution in [0, 0.1) is 5.41 Å². The van der Waals surface area contributed by atoms with Crippen molar-refractivity contribution in [1.29, 1.82) is 0 Å². The number of hydrogen-bond donors (Lipinski definition) is 1. The van der Waals surface area contributed by atoms with Crippen LogP contribution >= 0.6 is 0 Å². The summed E-state index contributed by atoms with van der Waals surface area (Å²) in [6.45, 7) is 9.69. The highest BCUT2D eigenvalue weighted by molar-refractivity contribution is 5.84. The molecule has 1 aromatic carbocycles. The van der Waals surface area contributed by atoms with Crippen molar-refractivity contribution in [1.82, 2.24) is 10.3 Å². The van der Waals surface area contributed by atoms with Crippen LogP contribution in [0.25, 0.3) is 10.9 Å². The van der Waals surface area contributed by atoms with E-state index in [-0.39, 0.29) is 5.41 Å². The van der Waals surface area contributed by atoms with Gasteiger partial charge in [0.05, 0.1) is 12.8 Å². The number of fused-ring (bicyclic) bond motifs is 1. The molecule has 0 saturated carbocycles. The van der Waals surface area contributed by atoms with E-state index in [2.05, 4.69) is 51.2 Å². The molecular formula is C17H24N2O. The molecule has 0 radical (unpaired) electrons. The van der Waals surface area contributed by atoms with Gasteiger partial charge in [0, 0.05) is 18.0 Å². The molecule has 0 spiro atoms. The van der Waals surface area contributed by atoms with Crippen LogP contribution in [0.1, 0.15) is 33.4 Å². The number of benzene rings is 1. The average Bonchev–Trinajstić information content (AvgIpc) is 2.42. The van der Waals surface area contributed by atoms with E-state index >= 15 is 0 Å². The topological polar surface area (TPSA) is 34.1 Å². The van der Waals surface area contributed by atoms with Crippen molar-refractivity contribution >= 4 is 10.9 Å². The van der Waals surface area contributed by atoms with Crippen LogP contribution in [0.4, 0.5) is 0 Å². The monoisotopic (exact) mass is 272 g/mol. The maximum absolute atomic E-state index is 5.38. The van der Waals surface area contributed by atoms with Gasteiger partial charge in [0.25, 0.3) is 0 Å². The summed E-state index contributed by atoms with van der Waals surface area (Å²) in [5.74, 6) is 0.827. The molecule has 1 N–H and O–H groups in total. The molecule has 3 heteroatoms. The molecular weight excluding hydrogens is 248 g/mol. The van der Waals surface area contributed by atoms with E-state index in [0.717, 1.165) is 28.9 Å². The number of ether oxygens (including phenoxy) is 1. The molecule has 1 unspecified atom stereocenters. The SMILES string of the molecule is COc1cccc2ccc(CNC(C)C(C)(C)C)nc12. The summed E-state index contributed by atoms with van der Waals surface area (Å²) in [6, 6.07) is 10.6. The fourth-order valence-electron chi connectivity index (χ4n) is 1.99. The Morgan fingerprint density at radius 2 is 1.95 bits per heavy atom. The third-order valence-corrected chi connectivity index (χ3v) is 3.85. The summed E-state index contributed by atoms with van der Waals surface area (Å²) in [5.41, 5.74) is 2.21. The van der Waals surface area contributed by atoms with Crippen molar-refractivity contribution in [3.05, 3.63) is 36.0 Å². The molecule has 0 aliphatic rings. The highest BCUT2D eigenvalue weighted by atomic mass is 16.5. The van der Waals surface area contributed by atoms with Gasteiger partial charge in [-0.15, -0.1) is 0 Å². The number of aromatic nitrogens is 1. The van der Waals surface area contributed by atoms with E-state index in [4.69, 9.17) is 9.72 Å². The van der Waals surface area contributed by atoms with Gasteiger partial charge in [0.15, 0.2) is 0 Å². The smallest absolute Gasteiger partial charge is 0.145 e. The average molecular weight is 272 g/mol. The lowest BCUT2D eigenvalue weighted by Gasteiger charge is -2.28. The van der Waals surface area contributed by atoms with Crippen molar-refractivity contribution in [2.75, 3.05) is 7.11 Å². The van der Waals surface area contributed by atoms with Gasteiger partial charge in [-0.2, -0.15) is 0 Å². The molecule has 20 heavy (non-hydrogen) atoms. The van der Waals surface area contributed by atoms with Crippen molar-refractivity contribution in [2.24, 2.45) is 5.41 Å². The van der Waals surface area contributed by atoms with Gasteiger partial charge in [-0.05, 0) is 24.5 Å². The van der Waals surface area contributed by atoms with Gasteiger partial charge in [-0.3, -0.25) is 0 Å². The highest BCUT2D eigenvalue weighted by Crippen LogP contribution is 2.24. The number of hydrogen-bond acceptors (Lipinski definition) is 3. The van der Waals surface area contributed by atoms with Crippen LogP contribution in [0.15, 0.2) is 30.3 Å². The molecule has 2 aromatic rings. The summed E-state index contributed by atoms with van der Waals surface area (Å²) in [7, 11) is 1.68. The maximum Gasteiger partial charge on any atom is 0.145 e. The second-order valence-electron chi connectivity index (χ2n) is 6.30. The number of rotatable bonds is 4. The van der Waals surface area contributed by atoms with Gasteiger partial charge >= 0.3 is 0 Å². The molecule has 2 rings (SSSR count). The van der Waals surface area contributed by atoms with Gasteiger partial charge in [0.1, 0.15) is 11.3 Å². The Hall–Kier alpha value is -1.61. The summed E-state index contributed by atoms with van der Waals surface area (Å²) < 4.78 is 5.38. The molecule has 108 valence electrons. The zero-order valence-electron chi connectivity index (χ0n) is 13.0. The number of para-hydroxylation sites is 1. The minimum atomic E-state index is 0.245. The van der Waals surface area contributed by atoms with Crippen LogP contribution in [-0.4, -0.2) is 18.1 Å². The number of nitrogens with zero attached hydrogens (tertiary/aromatic N) is 1. The first kappa shape index (κ1) is 14.8. The Kier molecular flexibility index (Phi) is 4.29. The standard InChI is InChI=1S/C17H24N2O/c1-12(17(2,3)4)18-11-14-10-9-13-7-6-8-15(20-5)16(13)19-14/h6-10,12,18H,11H2,1-5H3. The Morgan fingerprint density at radius 1 is 1.20 bits per heavy atom. The predicted octanol–water partition coefficient (Wildman–Crippen LogP) is 3.77. The van der Waals surface area contributed by atoms with Crippen molar-refractivity contribution < 1.29 is 4.74 Å². The van der Waals surface area contributed by atoms with Crippen molar-refractivity contribution in [3.63, 3.8) is 0 Å². The molecule has 0 bridgehead atoms. The van der Waals surface area contributed by atoms with Crippen LogP contribution in [-0.2, 0) is 6.54 Å². The Labute approximate surface area is 121 Å². The number of pyridine rings is 1. The number of methoxy groups -OCH3 is 1. The summed E-state index contributed by atoms with van der Waals surface area (Å²) in [6.07, 6.45) is 0. The largest absolute Gasteiger partial charge is 0.494 e. The maximum atomic E-state index is 5.38. The zero-order chi connectivity index (χ0) is 14.8. The van der Waals surface area contributed by atoms with E-state index in [0.29, 0.717) is 6.04 Å². The Bertz CT molecular complexity index is 587. The van der Waals surface area contributed by atoms with Gasteiger partial charge in [0.2, 0.25) is 0 Å². The van der Waals surface area contributed by atoms with Crippen LogP contribution in [0.3, 0.4) is 0 Å². The fourth-order valence-corrected chi connectivity index (χ4v) is 1.99. The molecule has 1 aromatic heterocycles. The lowest BCUT2D eigenvalue weighted by Crippen LogP contribution is -2.37. The molecule has 0 saturated heterocycles. The molecule has 0 fully saturated rings. The van der Waals surface area contributed by atoms with Gasteiger partial charge in [-0.1, -0.05) is 39.0 Å². The first-order valence-corrected chi connectivity index (χ1v) is 7.08. The molecule has 0 amide bonds. The lowest BCUT2D eigenvalue weighted by molar-refractivity contribution is 0.284. The second kappa shape index (κ2) is 5.80. The van der Waals surface area contributed by atoms with E-state index in [1.165, 1.54) is 0 Å². The summed E-state index contributed by atoms with van der Waals surface area (Å²) in [5, 5.41) is 4.65. The highest BCUT2D eigenvalue weighted by Gasteiger charge is 2.19. The third kappa shape index (κ3) is 3.28. The summed E-state index contributed by atoms with van der Waals surface area (Å²) >= 11 is 0. The van der Waals surface area contributed by atoms with E-state index in [1.807, 2.05) is 12.1 Å². The molecule has 1 heterocycles. The van der Waals surface area contributed by atoms with Crippen molar-refractivity contribution in [3.8, 4) is 5.75 Å². The first-order chi connectivity index (χ1) is 9.41. The fraction of sp³-hybridized carbons (Fsp3) is 0.471. The van der Waals surface area contributed by atoms with E-state index in [9.17, 15) is 0 Å². The van der Waals surface area contributed by atoms with Crippen LogP contribution in [0.5, 0.6) is 5.75 Å². The number of nitrogens with one attached hydrogen (secondary N) is 1. The van der Waals surface area contributed by atoms with Crippen LogP contribution in [0.2, 0.25) is 0 Å². The Balaban J connectivity index is 2.20. The first-order valence-electron chi connectivity index (χ1n) is 7.08. The molecule has 0 aliphatic carbocycles. The normalized spacial score (nSPS) is 13.4. The van der Waals surface area contributed by atoms with Gasteiger partial charge in [-0.25, -0.2) is 4.98 Å². The van der Waals surface area contributed by atoms with Crippen molar-refractivity contribution in [2.45, 2.75) is 40.3 Å². The van der Waals surface area contributed by atoms with E-state index < -0.39 is 0 Å². The molecule has 0 aliphatic heterocycles. The van der Waals surface area contributed by atoms with E-state index in [1.54, 1.807) is 7.11 Å². The lowest BCUT2D eigenvalue weighted by atomic mass is 9.88. The second-order valence-corrected chi connectivity index (χ2v) is 6.30. The quantitative estimate of drug-likeness (QED) is 0.920. The Morgan fingerprint density at radius 3 is 2.60 bits per heavy atom. The zero-order valence-corrected chi connectivity index (χ0v) is 13.0. The predicted molar refractivity (Wildman–Crippen MR) is 84.1 cm³/mol. The van der Waals surface area contributed by atoms with Gasteiger partial charge < -0.3 is 10.1 Å². The minimum absolute atomic E-state index is 0.245. The third-order valence-electron chi connectivity index (χ3n) is 3.85. The molecule has 3 nitrogen and oxygen atoms in total. The summed E-state index contributed by atoms with van der Waals surface area (Å²) in [4.78, 5) is 4.71.